The van der Waals surface area contributed by atoms with Gasteiger partial charge in [-0.15, -0.1) is 0 Å². The van der Waals surface area contributed by atoms with E-state index in [2.05, 4.69) is 15.1 Å². The minimum atomic E-state index is -2.85. The largest absolute Gasteiger partial charge is 0.485 e. The summed E-state index contributed by atoms with van der Waals surface area (Å²) in [5.74, 6) is -2.08. The van der Waals surface area contributed by atoms with Gasteiger partial charge in [-0.1, -0.05) is 18.0 Å². The second-order valence-corrected chi connectivity index (χ2v) is 9.96. The summed E-state index contributed by atoms with van der Waals surface area (Å²) < 4.78 is 52.5. The molecule has 0 aliphatic carbocycles. The van der Waals surface area contributed by atoms with Gasteiger partial charge in [0.25, 0.3) is 5.56 Å². The van der Waals surface area contributed by atoms with Gasteiger partial charge in [0, 0.05) is 36.3 Å². The number of aryl methyl sites for hydroxylation is 2. The standard InChI is InChI=1S/C27H26ClF2N5O3/c1-27(2,37)23-8-9-34(33-23)24-12-21-16(13-32-24)6-4-3-5-7-18-11-22(25(28)26(36)35(18)21)38-15-20-19(30)10-17(29)14-31-20/h8-14,37H,3-7,15H2,1-2H3/i15D2. The van der Waals surface area contributed by atoms with Gasteiger partial charge < -0.3 is 9.84 Å². The first kappa shape index (κ1) is 23.5. The maximum Gasteiger partial charge on any atom is 0.277 e. The fourth-order valence-corrected chi connectivity index (χ4v) is 4.47. The van der Waals surface area contributed by atoms with Crippen molar-refractivity contribution in [2.24, 2.45) is 0 Å². The van der Waals surface area contributed by atoms with E-state index in [4.69, 9.17) is 19.1 Å². The number of hydrogen-bond donors (Lipinski definition) is 1. The Kier molecular flexibility index (Phi) is 6.34. The van der Waals surface area contributed by atoms with Crippen LogP contribution in [0.3, 0.4) is 0 Å². The first-order valence-electron chi connectivity index (χ1n) is 13.1. The molecule has 0 radical (unpaired) electrons. The van der Waals surface area contributed by atoms with Gasteiger partial charge >= 0.3 is 0 Å². The molecular formula is C27H26ClF2N5O3. The lowest BCUT2D eigenvalue weighted by atomic mass is 10.1. The molecule has 8 nitrogen and oxygen atoms in total. The van der Waals surface area contributed by atoms with Gasteiger partial charge in [-0.3, -0.25) is 14.3 Å². The Bertz CT molecular complexity index is 1650. The third-order valence-electron chi connectivity index (χ3n) is 6.28. The number of rotatable bonds is 5. The Hall–Kier alpha value is -3.63. The summed E-state index contributed by atoms with van der Waals surface area (Å²) >= 11 is 6.44. The molecule has 0 amide bonds. The average molecular weight is 544 g/mol. The summed E-state index contributed by atoms with van der Waals surface area (Å²) in [6.07, 6.45) is 7.60. The zero-order chi connectivity index (χ0) is 28.8. The van der Waals surface area contributed by atoms with E-state index in [1.54, 1.807) is 38.4 Å². The molecule has 0 saturated heterocycles. The smallest absolute Gasteiger partial charge is 0.277 e. The van der Waals surface area contributed by atoms with E-state index in [0.717, 1.165) is 24.8 Å². The van der Waals surface area contributed by atoms with Crippen molar-refractivity contribution in [3.05, 3.63) is 92.5 Å². The number of ether oxygens (including phenoxy) is 1. The minimum Gasteiger partial charge on any atom is -0.485 e. The molecule has 11 heteroatoms. The first-order chi connectivity index (χ1) is 18.8. The number of halogens is 3. The molecule has 0 saturated carbocycles. The average Bonchev–Trinajstić information content (AvgIpc) is 3.40. The van der Waals surface area contributed by atoms with E-state index in [1.165, 1.54) is 15.3 Å². The molecule has 38 heavy (non-hydrogen) atoms. The van der Waals surface area contributed by atoms with E-state index in [0.29, 0.717) is 48.0 Å². The van der Waals surface area contributed by atoms with Crippen molar-refractivity contribution in [2.75, 3.05) is 0 Å². The maximum atomic E-state index is 14.3. The number of pyridine rings is 3. The van der Waals surface area contributed by atoms with Crippen LogP contribution in [0.1, 0.15) is 58.5 Å². The van der Waals surface area contributed by atoms with Gasteiger partial charge in [0.1, 0.15) is 34.4 Å². The zero-order valence-corrected chi connectivity index (χ0v) is 21.5. The van der Waals surface area contributed by atoms with Crippen LogP contribution in [-0.2, 0) is 25.0 Å². The number of aromatic nitrogens is 5. The van der Waals surface area contributed by atoms with Crippen LogP contribution in [0.5, 0.6) is 5.75 Å². The summed E-state index contributed by atoms with van der Waals surface area (Å²) in [6, 6.07) is 5.34. The predicted molar refractivity (Wildman–Crippen MR) is 137 cm³/mol. The second-order valence-electron chi connectivity index (χ2n) is 9.58. The van der Waals surface area contributed by atoms with Gasteiger partial charge in [-0.25, -0.2) is 18.4 Å². The third kappa shape index (κ3) is 5.19. The van der Waals surface area contributed by atoms with Crippen LogP contribution in [0, 0.1) is 11.6 Å². The van der Waals surface area contributed by atoms with Crippen molar-refractivity contribution in [1.82, 2.24) is 24.3 Å². The number of hydrogen-bond acceptors (Lipinski definition) is 6. The highest BCUT2D eigenvalue weighted by molar-refractivity contribution is 6.31. The number of fused-ring (bicyclic) bond motifs is 3. The van der Waals surface area contributed by atoms with Crippen LogP contribution in [0.2, 0.25) is 5.02 Å². The quantitative estimate of drug-likeness (QED) is 0.388. The van der Waals surface area contributed by atoms with E-state index < -0.39 is 40.1 Å². The molecule has 0 unspecified atom stereocenters. The number of aliphatic hydroxyl groups is 1. The Morgan fingerprint density at radius 3 is 2.68 bits per heavy atom. The number of nitrogens with zero attached hydrogens (tertiary/aromatic N) is 5. The van der Waals surface area contributed by atoms with Crippen molar-refractivity contribution >= 4 is 11.6 Å². The lowest BCUT2D eigenvalue weighted by Gasteiger charge is -2.19. The summed E-state index contributed by atoms with van der Waals surface area (Å²) in [5, 5.41) is 14.3. The van der Waals surface area contributed by atoms with Crippen molar-refractivity contribution in [3.63, 3.8) is 0 Å². The van der Waals surface area contributed by atoms with E-state index >= 15 is 0 Å². The molecule has 4 aromatic rings. The zero-order valence-electron chi connectivity index (χ0n) is 22.7. The van der Waals surface area contributed by atoms with Crippen LogP contribution in [0.15, 0.2) is 47.7 Å². The van der Waals surface area contributed by atoms with Crippen LogP contribution in [-0.4, -0.2) is 29.4 Å². The van der Waals surface area contributed by atoms with Gasteiger partial charge in [0.2, 0.25) is 0 Å². The lowest BCUT2D eigenvalue weighted by molar-refractivity contribution is 0.0734. The van der Waals surface area contributed by atoms with Gasteiger partial charge in [0.15, 0.2) is 11.6 Å². The van der Waals surface area contributed by atoms with E-state index in [-0.39, 0.29) is 5.75 Å². The molecule has 198 valence electrons. The van der Waals surface area contributed by atoms with Gasteiger partial charge in [-0.05, 0) is 51.2 Å². The van der Waals surface area contributed by atoms with Crippen molar-refractivity contribution in [3.8, 4) is 17.3 Å². The highest BCUT2D eigenvalue weighted by Crippen LogP contribution is 2.29. The Morgan fingerprint density at radius 2 is 1.95 bits per heavy atom. The third-order valence-corrected chi connectivity index (χ3v) is 6.62. The minimum absolute atomic E-state index is 0.287. The molecule has 5 heterocycles. The van der Waals surface area contributed by atoms with Crippen molar-refractivity contribution in [2.45, 2.75) is 58.1 Å². The summed E-state index contributed by atoms with van der Waals surface area (Å²) in [6.45, 7) is 0.396. The van der Waals surface area contributed by atoms with Crippen LogP contribution >= 0.6 is 11.6 Å². The molecule has 0 aromatic carbocycles. The van der Waals surface area contributed by atoms with Crippen LogP contribution < -0.4 is 10.3 Å². The summed E-state index contributed by atoms with van der Waals surface area (Å²) in [5.41, 5.74) is -0.296. The molecule has 1 aliphatic rings. The molecule has 1 aliphatic heterocycles. The maximum absolute atomic E-state index is 14.3. The first-order valence-corrected chi connectivity index (χ1v) is 12.5. The molecule has 0 atom stereocenters. The molecule has 0 bridgehead atoms. The normalized spacial score (nSPS) is 14.9. The summed E-state index contributed by atoms with van der Waals surface area (Å²) in [4.78, 5) is 21.7. The highest BCUT2D eigenvalue weighted by atomic mass is 35.5. The Balaban J connectivity index is 1.62. The van der Waals surface area contributed by atoms with Gasteiger partial charge in [0.05, 0.1) is 20.3 Å². The molecular weight excluding hydrogens is 516 g/mol. The topological polar surface area (TPSA) is 95.1 Å². The fraction of sp³-hybridized carbons (Fsp3) is 0.333. The van der Waals surface area contributed by atoms with Crippen LogP contribution in [0.4, 0.5) is 8.78 Å². The molecule has 0 spiro atoms. The predicted octanol–water partition coefficient (Wildman–Crippen LogP) is 4.82. The van der Waals surface area contributed by atoms with Crippen molar-refractivity contribution in [1.29, 1.82) is 0 Å². The molecule has 5 rings (SSSR count). The summed E-state index contributed by atoms with van der Waals surface area (Å²) in [7, 11) is 0. The molecule has 4 aromatic heterocycles. The fourth-order valence-electron chi connectivity index (χ4n) is 4.29. The van der Waals surface area contributed by atoms with Crippen molar-refractivity contribution < 1.29 is 21.4 Å². The monoisotopic (exact) mass is 543 g/mol. The highest BCUT2D eigenvalue weighted by Gasteiger charge is 2.22. The Labute approximate surface area is 225 Å². The van der Waals surface area contributed by atoms with Crippen LogP contribution in [0.25, 0.3) is 11.5 Å². The van der Waals surface area contributed by atoms with E-state index in [9.17, 15) is 18.7 Å². The molecule has 0 fully saturated rings. The van der Waals surface area contributed by atoms with Gasteiger partial charge in [-0.2, -0.15) is 5.10 Å². The lowest BCUT2D eigenvalue weighted by Crippen LogP contribution is -2.24. The van der Waals surface area contributed by atoms with E-state index in [1.807, 2.05) is 0 Å². The Morgan fingerprint density at radius 1 is 1.16 bits per heavy atom. The SMILES string of the molecule is [2H]C([2H])(Oc1cc2n(c(=O)c1Cl)-c1cc(-n3ccc(C(C)(C)O)n3)ncc1CCCCC2)c1ncc(F)cc1F. The molecule has 1 N–H and O–H groups in total. The second kappa shape index (κ2) is 10.3.